The van der Waals surface area contributed by atoms with Gasteiger partial charge in [-0.15, -0.1) is 0 Å². The van der Waals surface area contributed by atoms with E-state index in [1.54, 1.807) is 29.4 Å². The van der Waals surface area contributed by atoms with Crippen LogP contribution in [0.25, 0.3) is 0 Å². The van der Waals surface area contributed by atoms with Crippen molar-refractivity contribution in [1.82, 2.24) is 19.9 Å². The molecule has 8 heteroatoms. The molecule has 29 heavy (non-hydrogen) atoms. The highest BCUT2D eigenvalue weighted by Crippen LogP contribution is 2.17. The maximum Gasteiger partial charge on any atom is 0.274 e. The van der Waals surface area contributed by atoms with E-state index in [2.05, 4.69) is 25.2 Å². The molecule has 1 aromatic carbocycles. The number of rotatable bonds is 5. The van der Waals surface area contributed by atoms with Gasteiger partial charge in [0, 0.05) is 38.1 Å². The normalized spacial score (nSPS) is 14.0. The molecule has 1 aliphatic rings. The smallest absolute Gasteiger partial charge is 0.274 e. The monoisotopic (exact) mass is 392 g/mol. The molecule has 2 aromatic heterocycles. The molecular formula is C21H21FN6O. The lowest BCUT2D eigenvalue weighted by Gasteiger charge is -2.35. The molecule has 0 aliphatic carbocycles. The van der Waals surface area contributed by atoms with E-state index in [-0.39, 0.29) is 11.7 Å². The number of anilines is 2. The molecule has 0 spiro atoms. The number of amides is 1. The van der Waals surface area contributed by atoms with Crippen molar-refractivity contribution in [3.8, 4) is 0 Å². The number of nitrogens with zero attached hydrogens (tertiary/aromatic N) is 5. The molecule has 1 aliphatic heterocycles. The fourth-order valence-electron chi connectivity index (χ4n) is 3.20. The minimum Gasteiger partial charge on any atom is -0.368 e. The first kappa shape index (κ1) is 18.8. The third kappa shape index (κ3) is 4.66. The lowest BCUT2D eigenvalue weighted by Crippen LogP contribution is -2.49. The van der Waals surface area contributed by atoms with E-state index in [9.17, 15) is 9.18 Å². The minimum absolute atomic E-state index is 0.132. The van der Waals surface area contributed by atoms with Crippen LogP contribution < -0.4 is 10.2 Å². The number of hydrogen-bond donors (Lipinski definition) is 1. The Kier molecular flexibility index (Phi) is 5.60. The summed E-state index contributed by atoms with van der Waals surface area (Å²) in [5.74, 6) is 0.208. The molecule has 3 heterocycles. The molecular weight excluding hydrogens is 371 g/mol. The van der Waals surface area contributed by atoms with E-state index in [1.807, 2.05) is 18.2 Å². The number of carbonyl (C=O) groups is 1. The van der Waals surface area contributed by atoms with Gasteiger partial charge >= 0.3 is 0 Å². The van der Waals surface area contributed by atoms with Gasteiger partial charge in [-0.3, -0.25) is 9.78 Å². The Morgan fingerprint density at radius 2 is 1.76 bits per heavy atom. The zero-order valence-corrected chi connectivity index (χ0v) is 15.8. The first-order valence-electron chi connectivity index (χ1n) is 9.45. The van der Waals surface area contributed by atoms with Gasteiger partial charge in [0.1, 0.15) is 17.3 Å². The summed E-state index contributed by atoms with van der Waals surface area (Å²) in [6, 6.07) is 12.1. The highest BCUT2D eigenvalue weighted by Gasteiger charge is 2.23. The zero-order valence-electron chi connectivity index (χ0n) is 15.8. The van der Waals surface area contributed by atoms with Crippen molar-refractivity contribution in [3.05, 3.63) is 78.3 Å². The van der Waals surface area contributed by atoms with Crippen molar-refractivity contribution in [2.24, 2.45) is 0 Å². The second kappa shape index (κ2) is 8.64. The molecule has 148 valence electrons. The fraction of sp³-hybridized carbons (Fsp3) is 0.238. The maximum absolute atomic E-state index is 13.1. The lowest BCUT2D eigenvalue weighted by atomic mass is 10.2. The summed E-state index contributed by atoms with van der Waals surface area (Å²) < 4.78 is 13.1. The van der Waals surface area contributed by atoms with Gasteiger partial charge in [-0.1, -0.05) is 6.07 Å². The van der Waals surface area contributed by atoms with Gasteiger partial charge in [0.2, 0.25) is 0 Å². The zero-order chi connectivity index (χ0) is 20.1. The molecule has 0 unspecified atom stereocenters. The number of pyridine rings is 1. The van der Waals surface area contributed by atoms with Gasteiger partial charge in [-0.25, -0.2) is 14.4 Å². The summed E-state index contributed by atoms with van der Waals surface area (Å²) in [7, 11) is 0. The Balaban J connectivity index is 1.31. The highest BCUT2D eigenvalue weighted by molar-refractivity contribution is 5.92. The predicted octanol–water partition coefficient (Wildman–Crippen LogP) is 2.59. The summed E-state index contributed by atoms with van der Waals surface area (Å²) in [4.78, 5) is 29.4. The van der Waals surface area contributed by atoms with Gasteiger partial charge in [0.25, 0.3) is 5.91 Å². The first-order valence-corrected chi connectivity index (χ1v) is 9.45. The van der Waals surface area contributed by atoms with Crippen LogP contribution >= 0.6 is 0 Å². The van der Waals surface area contributed by atoms with Crippen molar-refractivity contribution in [3.63, 3.8) is 0 Å². The Morgan fingerprint density at radius 1 is 0.966 bits per heavy atom. The largest absolute Gasteiger partial charge is 0.368 e. The summed E-state index contributed by atoms with van der Waals surface area (Å²) in [6.07, 6.45) is 4.79. The minimum atomic E-state index is -0.251. The van der Waals surface area contributed by atoms with Crippen LogP contribution in [0, 0.1) is 5.82 Å². The molecule has 0 radical (unpaired) electrons. The molecule has 1 saturated heterocycles. The van der Waals surface area contributed by atoms with Crippen LogP contribution in [-0.4, -0.2) is 51.9 Å². The summed E-state index contributed by atoms with van der Waals surface area (Å²) in [6.45, 7) is 3.08. The van der Waals surface area contributed by atoms with Crippen molar-refractivity contribution in [2.45, 2.75) is 6.54 Å². The number of piperazine rings is 1. The molecule has 0 atom stereocenters. The topological polar surface area (TPSA) is 74.2 Å². The number of benzene rings is 1. The Bertz CT molecular complexity index is 941. The molecule has 1 N–H and O–H groups in total. The Labute approximate surface area is 168 Å². The van der Waals surface area contributed by atoms with Crippen LogP contribution in [-0.2, 0) is 6.54 Å². The van der Waals surface area contributed by atoms with Gasteiger partial charge in [-0.2, -0.15) is 0 Å². The Morgan fingerprint density at radius 3 is 2.41 bits per heavy atom. The van der Waals surface area contributed by atoms with Gasteiger partial charge < -0.3 is 15.1 Å². The van der Waals surface area contributed by atoms with E-state index >= 15 is 0 Å². The van der Waals surface area contributed by atoms with E-state index < -0.39 is 0 Å². The molecule has 1 fully saturated rings. The molecule has 1 amide bonds. The van der Waals surface area contributed by atoms with Crippen LogP contribution in [0.15, 0.2) is 61.1 Å². The van der Waals surface area contributed by atoms with Gasteiger partial charge in [-0.05, 0) is 36.4 Å². The molecule has 4 rings (SSSR count). The average molecular weight is 392 g/mol. The molecule has 0 bridgehead atoms. The lowest BCUT2D eigenvalue weighted by molar-refractivity contribution is 0.0740. The standard InChI is InChI=1S/C21H21FN6O/c22-16-4-6-18(7-5-16)27-9-11-28(12-10-27)21(29)19-14-26-20(15-24-19)25-13-17-3-1-2-8-23-17/h1-8,14-15H,9-13H2,(H,25,26). The first-order chi connectivity index (χ1) is 14.2. The van der Waals surface area contributed by atoms with E-state index in [4.69, 9.17) is 0 Å². The average Bonchev–Trinajstić information content (AvgIpc) is 2.79. The summed E-state index contributed by atoms with van der Waals surface area (Å²) in [5, 5.41) is 3.14. The molecule has 0 saturated carbocycles. The predicted molar refractivity (Wildman–Crippen MR) is 108 cm³/mol. The maximum atomic E-state index is 13.1. The SMILES string of the molecule is O=C(c1cnc(NCc2ccccn2)cn1)N1CCN(c2ccc(F)cc2)CC1. The summed E-state index contributed by atoms with van der Waals surface area (Å²) >= 11 is 0. The second-order valence-corrected chi connectivity index (χ2v) is 6.72. The van der Waals surface area contributed by atoms with Crippen LogP contribution in [0.4, 0.5) is 15.9 Å². The van der Waals surface area contributed by atoms with Gasteiger partial charge in [0.05, 0.1) is 24.6 Å². The van der Waals surface area contributed by atoms with Crippen LogP contribution in [0.1, 0.15) is 16.2 Å². The summed E-state index contributed by atoms with van der Waals surface area (Å²) in [5.41, 5.74) is 2.18. The van der Waals surface area contributed by atoms with Gasteiger partial charge in [0.15, 0.2) is 0 Å². The van der Waals surface area contributed by atoms with E-state index in [0.29, 0.717) is 44.2 Å². The van der Waals surface area contributed by atoms with Crippen molar-refractivity contribution in [2.75, 3.05) is 36.4 Å². The quantitative estimate of drug-likeness (QED) is 0.720. The molecule has 3 aromatic rings. The third-order valence-corrected chi connectivity index (χ3v) is 4.81. The second-order valence-electron chi connectivity index (χ2n) is 6.72. The highest BCUT2D eigenvalue weighted by atomic mass is 19.1. The van der Waals surface area contributed by atoms with Crippen LogP contribution in [0.2, 0.25) is 0 Å². The number of halogens is 1. The van der Waals surface area contributed by atoms with E-state index in [1.165, 1.54) is 18.3 Å². The number of aromatic nitrogens is 3. The number of hydrogen-bond acceptors (Lipinski definition) is 6. The van der Waals surface area contributed by atoms with Crippen LogP contribution in [0.5, 0.6) is 0 Å². The van der Waals surface area contributed by atoms with Crippen LogP contribution in [0.3, 0.4) is 0 Å². The van der Waals surface area contributed by atoms with Crippen molar-refractivity contribution >= 4 is 17.4 Å². The number of nitrogens with one attached hydrogen (secondary N) is 1. The third-order valence-electron chi connectivity index (χ3n) is 4.81. The number of carbonyl (C=O) groups excluding carboxylic acids is 1. The van der Waals surface area contributed by atoms with Crippen molar-refractivity contribution < 1.29 is 9.18 Å². The van der Waals surface area contributed by atoms with Crippen molar-refractivity contribution in [1.29, 1.82) is 0 Å². The Hall–Kier alpha value is -3.55. The molecule has 7 nitrogen and oxygen atoms in total. The fourth-order valence-corrected chi connectivity index (χ4v) is 3.20. The van der Waals surface area contributed by atoms with E-state index in [0.717, 1.165) is 11.4 Å².